The highest BCUT2D eigenvalue weighted by atomic mass is 16.5. The molecule has 1 aromatic heterocycles. The van der Waals surface area contributed by atoms with Crippen molar-refractivity contribution < 1.29 is 13.9 Å². The maximum Gasteiger partial charge on any atom is 0.440 e. The van der Waals surface area contributed by atoms with Crippen LogP contribution in [0.25, 0.3) is 0 Å². The first-order chi connectivity index (χ1) is 11.7. The minimum Gasteiger partial charge on any atom is -0.481 e. The number of carbonyl (C=O) groups is 1. The molecule has 2 rings (SSSR count). The summed E-state index contributed by atoms with van der Waals surface area (Å²) in [5.41, 5.74) is 0.675. The Bertz CT molecular complexity index is 806. The average Bonchev–Trinajstić information content (AvgIpc) is 2.51. The van der Waals surface area contributed by atoms with Gasteiger partial charge in [-0.05, 0) is 31.0 Å². The largest absolute Gasteiger partial charge is 0.481 e. The standard InChI is InChI=1S/C19H24N2O4/c1-6-14(24-13-9-7-8-12(2)10-13)17(22)20-16-11-15(19(3,4)5)25-18(23)21-16/h7-11,14H,6H2,1-5H3,(H,20,21,22,23). The Labute approximate surface area is 147 Å². The normalized spacial score (nSPS) is 12.5. The zero-order chi connectivity index (χ0) is 18.6. The predicted molar refractivity (Wildman–Crippen MR) is 96.0 cm³/mol. The summed E-state index contributed by atoms with van der Waals surface area (Å²) >= 11 is 0. The van der Waals surface area contributed by atoms with Crippen LogP contribution >= 0.6 is 0 Å². The number of hydrogen-bond acceptors (Lipinski definition) is 5. The molecular weight excluding hydrogens is 320 g/mol. The van der Waals surface area contributed by atoms with Crippen LogP contribution in [0.1, 0.15) is 45.4 Å². The van der Waals surface area contributed by atoms with Crippen LogP contribution < -0.4 is 15.8 Å². The summed E-state index contributed by atoms with van der Waals surface area (Å²) in [6, 6.07) is 9.06. The number of nitrogens with one attached hydrogen (secondary N) is 1. The molecule has 0 fully saturated rings. The van der Waals surface area contributed by atoms with Crippen molar-refractivity contribution in [2.75, 3.05) is 5.32 Å². The average molecular weight is 344 g/mol. The van der Waals surface area contributed by atoms with Crippen molar-refractivity contribution in [3.63, 3.8) is 0 Å². The highest BCUT2D eigenvalue weighted by Gasteiger charge is 2.22. The molecule has 6 heteroatoms. The van der Waals surface area contributed by atoms with Gasteiger partial charge in [0, 0.05) is 11.5 Å². The van der Waals surface area contributed by atoms with E-state index in [9.17, 15) is 9.59 Å². The van der Waals surface area contributed by atoms with E-state index >= 15 is 0 Å². The molecule has 0 aliphatic carbocycles. The Morgan fingerprint density at radius 3 is 2.64 bits per heavy atom. The summed E-state index contributed by atoms with van der Waals surface area (Å²) in [7, 11) is 0. The molecule has 2 aromatic rings. The number of aryl methyl sites for hydroxylation is 1. The molecule has 1 aromatic carbocycles. The van der Waals surface area contributed by atoms with E-state index in [-0.39, 0.29) is 17.1 Å². The van der Waals surface area contributed by atoms with Crippen LogP contribution in [0.5, 0.6) is 5.75 Å². The summed E-state index contributed by atoms with van der Waals surface area (Å²) in [6.07, 6.45) is -0.207. The molecule has 0 bridgehead atoms. The third-order valence-corrected chi connectivity index (χ3v) is 3.60. The van der Waals surface area contributed by atoms with Gasteiger partial charge in [0.05, 0.1) is 0 Å². The molecule has 25 heavy (non-hydrogen) atoms. The first kappa shape index (κ1) is 18.7. The SMILES string of the molecule is CCC(Oc1cccc(C)c1)C(=O)Nc1cc(C(C)(C)C)oc(=O)n1. The van der Waals surface area contributed by atoms with Gasteiger partial charge < -0.3 is 14.5 Å². The van der Waals surface area contributed by atoms with E-state index in [0.29, 0.717) is 17.9 Å². The monoisotopic (exact) mass is 344 g/mol. The third kappa shape index (κ3) is 5.17. The van der Waals surface area contributed by atoms with Crippen LogP contribution in [0.4, 0.5) is 5.82 Å². The molecule has 0 radical (unpaired) electrons. The number of benzene rings is 1. The van der Waals surface area contributed by atoms with Gasteiger partial charge in [-0.3, -0.25) is 4.79 Å². The molecular formula is C19H24N2O4. The Kier molecular flexibility index (Phi) is 5.62. The molecule has 1 unspecified atom stereocenters. The second-order valence-corrected chi connectivity index (χ2v) is 6.94. The minimum absolute atomic E-state index is 0.164. The lowest BCUT2D eigenvalue weighted by Gasteiger charge is -2.19. The number of aromatic nitrogens is 1. The summed E-state index contributed by atoms with van der Waals surface area (Å²) in [5.74, 6) is 0.142. The smallest absolute Gasteiger partial charge is 0.440 e. The molecule has 1 heterocycles. The fraction of sp³-hybridized carbons (Fsp3) is 0.421. The number of anilines is 1. The van der Waals surface area contributed by atoms with Gasteiger partial charge in [-0.1, -0.05) is 39.8 Å². The molecule has 0 spiro atoms. The molecule has 0 aliphatic rings. The van der Waals surface area contributed by atoms with Crippen LogP contribution in [0, 0.1) is 6.92 Å². The van der Waals surface area contributed by atoms with Gasteiger partial charge in [-0.25, -0.2) is 4.79 Å². The van der Waals surface area contributed by atoms with Crippen molar-refractivity contribution >= 4 is 11.7 Å². The van der Waals surface area contributed by atoms with Crippen molar-refractivity contribution in [2.45, 2.75) is 52.6 Å². The highest BCUT2D eigenvalue weighted by Crippen LogP contribution is 2.22. The summed E-state index contributed by atoms with van der Waals surface area (Å²) in [6.45, 7) is 9.54. The van der Waals surface area contributed by atoms with E-state index in [1.807, 2.05) is 52.8 Å². The van der Waals surface area contributed by atoms with E-state index < -0.39 is 11.9 Å². The van der Waals surface area contributed by atoms with Crippen molar-refractivity contribution in [1.82, 2.24) is 4.98 Å². The Balaban J connectivity index is 2.17. The maximum atomic E-state index is 12.5. The van der Waals surface area contributed by atoms with E-state index in [2.05, 4.69) is 10.3 Å². The number of amides is 1. The molecule has 1 atom stereocenters. The number of carbonyl (C=O) groups excluding carboxylic acids is 1. The second-order valence-electron chi connectivity index (χ2n) is 6.94. The summed E-state index contributed by atoms with van der Waals surface area (Å²) in [5, 5.41) is 2.65. The number of nitrogens with zero attached hydrogens (tertiary/aromatic N) is 1. The lowest BCUT2D eigenvalue weighted by molar-refractivity contribution is -0.122. The van der Waals surface area contributed by atoms with Gasteiger partial charge in [0.15, 0.2) is 6.10 Å². The van der Waals surface area contributed by atoms with Crippen LogP contribution in [-0.4, -0.2) is 17.0 Å². The second kappa shape index (κ2) is 7.51. The van der Waals surface area contributed by atoms with E-state index in [0.717, 1.165) is 5.56 Å². The molecule has 134 valence electrons. The quantitative estimate of drug-likeness (QED) is 0.898. The zero-order valence-corrected chi connectivity index (χ0v) is 15.3. The summed E-state index contributed by atoms with van der Waals surface area (Å²) < 4.78 is 10.9. The maximum absolute atomic E-state index is 12.5. The Morgan fingerprint density at radius 1 is 1.32 bits per heavy atom. The van der Waals surface area contributed by atoms with Gasteiger partial charge in [-0.2, -0.15) is 4.98 Å². The van der Waals surface area contributed by atoms with Crippen molar-refractivity contribution in [1.29, 1.82) is 0 Å². The van der Waals surface area contributed by atoms with Crippen molar-refractivity contribution in [3.8, 4) is 5.75 Å². The number of rotatable bonds is 5. The number of hydrogen-bond donors (Lipinski definition) is 1. The van der Waals surface area contributed by atoms with E-state index in [4.69, 9.17) is 9.15 Å². The topological polar surface area (TPSA) is 81.4 Å². The highest BCUT2D eigenvalue weighted by molar-refractivity contribution is 5.93. The van der Waals surface area contributed by atoms with E-state index in [1.165, 1.54) is 0 Å². The first-order valence-corrected chi connectivity index (χ1v) is 8.26. The molecule has 0 saturated carbocycles. The Hall–Kier alpha value is -2.63. The molecule has 1 N–H and O–H groups in total. The zero-order valence-electron chi connectivity index (χ0n) is 15.3. The minimum atomic E-state index is -0.740. The number of ether oxygens (including phenoxy) is 1. The van der Waals surface area contributed by atoms with Gasteiger partial charge in [-0.15, -0.1) is 0 Å². The fourth-order valence-corrected chi connectivity index (χ4v) is 2.22. The first-order valence-electron chi connectivity index (χ1n) is 8.26. The molecule has 0 saturated heterocycles. The van der Waals surface area contributed by atoms with Gasteiger partial charge in [0.25, 0.3) is 5.91 Å². The molecule has 1 amide bonds. The third-order valence-electron chi connectivity index (χ3n) is 3.60. The van der Waals surface area contributed by atoms with Crippen LogP contribution in [0.2, 0.25) is 0 Å². The molecule has 0 aliphatic heterocycles. The Morgan fingerprint density at radius 2 is 2.04 bits per heavy atom. The summed E-state index contributed by atoms with van der Waals surface area (Å²) in [4.78, 5) is 27.9. The van der Waals surface area contributed by atoms with Crippen molar-refractivity contribution in [3.05, 3.63) is 52.2 Å². The lowest BCUT2D eigenvalue weighted by Crippen LogP contribution is -2.33. The lowest BCUT2D eigenvalue weighted by atomic mass is 9.93. The molecule has 6 nitrogen and oxygen atoms in total. The van der Waals surface area contributed by atoms with Crippen LogP contribution in [0.15, 0.2) is 39.5 Å². The van der Waals surface area contributed by atoms with Gasteiger partial charge >= 0.3 is 5.76 Å². The predicted octanol–water partition coefficient (Wildman–Crippen LogP) is 3.44. The van der Waals surface area contributed by atoms with Crippen LogP contribution in [0.3, 0.4) is 0 Å². The fourth-order valence-electron chi connectivity index (χ4n) is 2.22. The van der Waals surface area contributed by atoms with Gasteiger partial charge in [0.1, 0.15) is 17.3 Å². The van der Waals surface area contributed by atoms with Crippen molar-refractivity contribution in [2.24, 2.45) is 0 Å². The van der Waals surface area contributed by atoms with Gasteiger partial charge in [0.2, 0.25) is 0 Å². The van der Waals surface area contributed by atoms with Crippen LogP contribution in [-0.2, 0) is 10.2 Å². The van der Waals surface area contributed by atoms with E-state index in [1.54, 1.807) is 12.1 Å².